The van der Waals surface area contributed by atoms with E-state index < -0.39 is 11.7 Å². The molecule has 0 radical (unpaired) electrons. The van der Waals surface area contributed by atoms with Crippen LogP contribution in [0.25, 0.3) is 11.1 Å². The average Bonchev–Trinajstić information content (AvgIpc) is 3.21. The van der Waals surface area contributed by atoms with E-state index in [-0.39, 0.29) is 23.5 Å². The maximum atomic E-state index is 13.5. The van der Waals surface area contributed by atoms with E-state index in [0.29, 0.717) is 29.2 Å². The molecule has 2 atom stereocenters. The van der Waals surface area contributed by atoms with Gasteiger partial charge in [0.15, 0.2) is 0 Å². The molecule has 37 heavy (non-hydrogen) atoms. The number of carbonyl (C=O) groups is 3. The van der Waals surface area contributed by atoms with Crippen molar-refractivity contribution in [3.63, 3.8) is 0 Å². The van der Waals surface area contributed by atoms with Gasteiger partial charge in [-0.3, -0.25) is 9.59 Å². The number of aliphatic imine (C=N–C) groups is 1. The van der Waals surface area contributed by atoms with Crippen LogP contribution in [0.15, 0.2) is 76.7 Å². The van der Waals surface area contributed by atoms with Gasteiger partial charge in [0.25, 0.3) is 5.91 Å². The fourth-order valence-corrected chi connectivity index (χ4v) is 5.66. The first-order chi connectivity index (χ1) is 17.8. The third-order valence-electron chi connectivity index (χ3n) is 6.31. The molecule has 4 rings (SSSR count). The molecule has 2 aliphatic heterocycles. The Bertz CT molecular complexity index is 1270. The van der Waals surface area contributed by atoms with Crippen molar-refractivity contribution >= 4 is 34.8 Å². The lowest BCUT2D eigenvalue weighted by atomic mass is 9.84. The van der Waals surface area contributed by atoms with E-state index in [1.54, 1.807) is 12.1 Å². The number of thioether (sulfide) groups is 1. The van der Waals surface area contributed by atoms with E-state index >= 15 is 0 Å². The van der Waals surface area contributed by atoms with Gasteiger partial charge in [-0.2, -0.15) is 0 Å². The highest BCUT2D eigenvalue weighted by molar-refractivity contribution is 8.14. The third-order valence-corrected chi connectivity index (χ3v) is 7.17. The number of fused-ring (bicyclic) bond motifs is 1. The summed E-state index contributed by atoms with van der Waals surface area (Å²) >= 11 is 1.23. The molecule has 0 saturated carbocycles. The molecule has 2 aromatic rings. The fourth-order valence-electron chi connectivity index (χ4n) is 4.87. The van der Waals surface area contributed by atoms with Crippen molar-refractivity contribution in [2.75, 3.05) is 5.75 Å². The number of halogens is 1. The zero-order chi connectivity index (χ0) is 27.1. The number of amides is 1. The smallest absolute Gasteiger partial charge is 0.289 e. The van der Waals surface area contributed by atoms with Crippen molar-refractivity contribution < 1.29 is 18.8 Å². The topological polar surface area (TPSA) is 92.8 Å². The van der Waals surface area contributed by atoms with Crippen LogP contribution < -0.4 is 5.73 Å². The highest BCUT2D eigenvalue weighted by atomic mass is 32.2. The predicted molar refractivity (Wildman–Crippen MR) is 147 cm³/mol. The highest BCUT2D eigenvalue weighted by Gasteiger charge is 2.45. The average molecular weight is 522 g/mol. The summed E-state index contributed by atoms with van der Waals surface area (Å²) in [7, 11) is 0. The molecular formula is C29H32FN3O3S. The van der Waals surface area contributed by atoms with Crippen molar-refractivity contribution in [2.45, 2.75) is 46.6 Å². The SMILES string of the molecule is CC.CCC1C(C(=O)C(N)=O)=C2C(SCC=O)=NC(C)=CN2C1Cc1ccccc1-c1ccc(F)cc1. The molecule has 0 aromatic heterocycles. The number of hydrogen-bond acceptors (Lipinski definition) is 6. The molecule has 2 N–H and O–H groups in total. The first kappa shape index (κ1) is 28.1. The summed E-state index contributed by atoms with van der Waals surface area (Å²) in [6.07, 6.45) is 3.84. The van der Waals surface area contributed by atoms with Crippen molar-refractivity contribution in [2.24, 2.45) is 16.6 Å². The summed E-state index contributed by atoms with van der Waals surface area (Å²) in [5, 5.41) is 0.537. The van der Waals surface area contributed by atoms with Crippen molar-refractivity contribution in [1.82, 2.24) is 4.90 Å². The number of aldehydes is 1. The molecule has 8 heteroatoms. The maximum Gasteiger partial charge on any atom is 0.289 e. The van der Waals surface area contributed by atoms with Gasteiger partial charge in [0.1, 0.15) is 17.1 Å². The second-order valence-corrected chi connectivity index (χ2v) is 9.49. The predicted octanol–water partition coefficient (Wildman–Crippen LogP) is 5.29. The quantitative estimate of drug-likeness (QED) is 0.377. The number of nitrogens with two attached hydrogens (primary N) is 1. The minimum atomic E-state index is -1.01. The summed E-state index contributed by atoms with van der Waals surface area (Å²) in [5.74, 6) is -2.13. The van der Waals surface area contributed by atoms with Crippen LogP contribution in [0.3, 0.4) is 0 Å². The Balaban J connectivity index is 0.00000186. The number of allylic oxidation sites excluding steroid dienone is 1. The standard InChI is InChI=1S/C27H26FN3O3S.C2H6/c1-3-20-22(14-18-6-4-5-7-21(18)17-8-10-19(28)11-9-17)31-15-16(2)30-27(35-13-12-32)24(31)23(20)25(33)26(29)34;1-2/h4-12,15,20,22H,3,13-14H2,1-2H3,(H2,29,34);1-2H3. The van der Waals surface area contributed by atoms with Crippen LogP contribution >= 0.6 is 11.8 Å². The van der Waals surface area contributed by atoms with Crippen molar-refractivity contribution in [1.29, 1.82) is 0 Å². The van der Waals surface area contributed by atoms with Gasteiger partial charge in [0.2, 0.25) is 5.78 Å². The number of primary amides is 1. The number of Topliss-reactive ketones (excluding diaryl/α,β-unsaturated/α-hetero) is 1. The Labute approximate surface area is 221 Å². The van der Waals surface area contributed by atoms with Gasteiger partial charge in [-0.05, 0) is 48.6 Å². The lowest BCUT2D eigenvalue weighted by molar-refractivity contribution is -0.134. The molecule has 2 unspecified atom stereocenters. The van der Waals surface area contributed by atoms with Gasteiger partial charge in [0, 0.05) is 23.7 Å². The van der Waals surface area contributed by atoms with Crippen LogP contribution in [-0.4, -0.2) is 39.7 Å². The van der Waals surface area contributed by atoms with E-state index in [1.165, 1.54) is 23.9 Å². The molecule has 0 saturated heterocycles. The van der Waals surface area contributed by atoms with Gasteiger partial charge in [-0.25, -0.2) is 9.38 Å². The van der Waals surface area contributed by atoms with Crippen LogP contribution in [0.4, 0.5) is 4.39 Å². The van der Waals surface area contributed by atoms with Crippen LogP contribution in [0.2, 0.25) is 0 Å². The first-order valence-corrected chi connectivity index (χ1v) is 13.4. The van der Waals surface area contributed by atoms with Gasteiger partial charge >= 0.3 is 0 Å². The molecule has 194 valence electrons. The molecule has 2 aromatic carbocycles. The summed E-state index contributed by atoms with van der Waals surface area (Å²) in [6, 6.07) is 14.1. The number of nitrogens with zero attached hydrogens (tertiary/aromatic N) is 2. The molecule has 0 fully saturated rings. The fraction of sp³-hybridized carbons (Fsp3) is 0.310. The molecular weight excluding hydrogens is 489 g/mol. The number of carbonyl (C=O) groups excluding carboxylic acids is 3. The minimum absolute atomic E-state index is 0.174. The number of hydrogen-bond donors (Lipinski definition) is 1. The molecule has 0 aliphatic carbocycles. The van der Waals surface area contributed by atoms with Gasteiger partial charge in [-0.1, -0.05) is 68.9 Å². The summed E-state index contributed by atoms with van der Waals surface area (Å²) in [5.41, 5.74) is 9.99. The zero-order valence-corrected chi connectivity index (χ0v) is 22.3. The zero-order valence-electron chi connectivity index (χ0n) is 21.5. The lowest BCUT2D eigenvalue weighted by Crippen LogP contribution is -2.35. The Morgan fingerprint density at radius 2 is 1.81 bits per heavy atom. The van der Waals surface area contributed by atoms with Gasteiger partial charge < -0.3 is 15.4 Å². The maximum absolute atomic E-state index is 13.5. The number of rotatable bonds is 8. The van der Waals surface area contributed by atoms with Gasteiger partial charge in [0.05, 0.1) is 17.1 Å². The van der Waals surface area contributed by atoms with E-state index in [4.69, 9.17) is 5.73 Å². The number of ketones is 1. The van der Waals surface area contributed by atoms with Crippen LogP contribution in [-0.2, 0) is 20.8 Å². The molecule has 0 bridgehead atoms. The van der Waals surface area contributed by atoms with E-state index in [0.717, 1.165) is 28.7 Å². The molecule has 2 aliphatic rings. The van der Waals surface area contributed by atoms with Gasteiger partial charge in [-0.15, -0.1) is 0 Å². The largest absolute Gasteiger partial charge is 0.363 e. The molecule has 0 spiro atoms. The second-order valence-electron chi connectivity index (χ2n) is 8.48. The van der Waals surface area contributed by atoms with Crippen LogP contribution in [0.1, 0.15) is 39.7 Å². The normalized spacial score (nSPS) is 18.4. The molecule has 6 nitrogen and oxygen atoms in total. The monoisotopic (exact) mass is 521 g/mol. The van der Waals surface area contributed by atoms with Crippen molar-refractivity contribution in [3.05, 3.63) is 83.1 Å². The Kier molecular flexibility index (Phi) is 9.58. The van der Waals surface area contributed by atoms with Crippen LogP contribution in [0.5, 0.6) is 0 Å². The Morgan fingerprint density at radius 3 is 2.43 bits per heavy atom. The van der Waals surface area contributed by atoms with Crippen LogP contribution in [0, 0.1) is 11.7 Å². The third kappa shape index (κ3) is 5.91. The summed E-state index contributed by atoms with van der Waals surface area (Å²) in [4.78, 5) is 42.7. The number of benzene rings is 2. The minimum Gasteiger partial charge on any atom is -0.363 e. The highest BCUT2D eigenvalue weighted by Crippen LogP contribution is 2.44. The summed E-state index contributed by atoms with van der Waals surface area (Å²) in [6.45, 7) is 7.83. The van der Waals surface area contributed by atoms with E-state index in [1.807, 2.05) is 63.1 Å². The lowest BCUT2D eigenvalue weighted by Gasteiger charge is -2.32. The Morgan fingerprint density at radius 1 is 1.14 bits per heavy atom. The first-order valence-electron chi connectivity index (χ1n) is 12.4. The molecule has 2 heterocycles. The molecule has 1 amide bonds. The second kappa shape index (κ2) is 12.6. The van der Waals surface area contributed by atoms with Crippen molar-refractivity contribution in [3.8, 4) is 11.1 Å². The Hall–Kier alpha value is -3.52. The van der Waals surface area contributed by atoms with E-state index in [2.05, 4.69) is 4.99 Å². The summed E-state index contributed by atoms with van der Waals surface area (Å²) < 4.78 is 13.5. The van der Waals surface area contributed by atoms with E-state index in [9.17, 15) is 18.8 Å².